The van der Waals surface area contributed by atoms with E-state index in [0.717, 1.165) is 32.4 Å². The number of amides is 1. The fourth-order valence-corrected chi connectivity index (χ4v) is 4.95. The minimum Gasteiger partial charge on any atom is -0.341 e. The molecular formula is C23H28N2OS. The number of carbonyl (C=O) groups is 1. The molecule has 2 fully saturated rings. The van der Waals surface area contributed by atoms with Gasteiger partial charge in [0.15, 0.2) is 0 Å². The van der Waals surface area contributed by atoms with Crippen LogP contribution in [0, 0.1) is 12.8 Å². The second kappa shape index (κ2) is 8.07. The van der Waals surface area contributed by atoms with Gasteiger partial charge in [0, 0.05) is 25.0 Å². The standard InChI is InChI=1S/C23H28N2OS/c1-16-8-3-4-10-18(16)19-11-5-6-12-20(19)21-14-22(21)23(26)25-13-7-9-17(15-25)24-27-2/h3-6,8,10-12,17,21-22,24H,7,9,13-15H2,1-2H3. The van der Waals surface area contributed by atoms with Crippen LogP contribution >= 0.6 is 11.9 Å². The Morgan fingerprint density at radius 2 is 1.85 bits per heavy atom. The van der Waals surface area contributed by atoms with E-state index in [-0.39, 0.29) is 5.92 Å². The highest BCUT2D eigenvalue weighted by molar-refractivity contribution is 7.96. The summed E-state index contributed by atoms with van der Waals surface area (Å²) in [5.41, 5.74) is 5.20. The molecule has 1 amide bonds. The van der Waals surface area contributed by atoms with Gasteiger partial charge in [-0.25, -0.2) is 0 Å². The molecular weight excluding hydrogens is 352 g/mol. The first-order valence-electron chi connectivity index (χ1n) is 9.91. The van der Waals surface area contributed by atoms with E-state index >= 15 is 0 Å². The molecule has 1 aliphatic heterocycles. The number of hydrogen-bond donors (Lipinski definition) is 1. The topological polar surface area (TPSA) is 32.3 Å². The summed E-state index contributed by atoms with van der Waals surface area (Å²) in [6.07, 6.45) is 5.30. The van der Waals surface area contributed by atoms with Gasteiger partial charge in [0.05, 0.1) is 0 Å². The van der Waals surface area contributed by atoms with Gasteiger partial charge in [-0.3, -0.25) is 9.52 Å². The maximum atomic E-state index is 13.1. The fraction of sp³-hybridized carbons (Fsp3) is 0.435. The second-order valence-electron chi connectivity index (χ2n) is 7.80. The van der Waals surface area contributed by atoms with Crippen LogP contribution in [0.3, 0.4) is 0 Å². The van der Waals surface area contributed by atoms with Crippen molar-refractivity contribution in [2.75, 3.05) is 19.3 Å². The molecule has 1 aliphatic carbocycles. The van der Waals surface area contributed by atoms with Crippen molar-refractivity contribution in [2.45, 2.75) is 38.1 Å². The van der Waals surface area contributed by atoms with Crippen molar-refractivity contribution in [1.82, 2.24) is 9.62 Å². The Morgan fingerprint density at radius 3 is 2.63 bits per heavy atom. The highest BCUT2D eigenvalue weighted by Crippen LogP contribution is 2.51. The van der Waals surface area contributed by atoms with Crippen molar-refractivity contribution in [2.24, 2.45) is 5.92 Å². The van der Waals surface area contributed by atoms with E-state index in [1.807, 2.05) is 0 Å². The van der Waals surface area contributed by atoms with Crippen LogP contribution in [-0.4, -0.2) is 36.2 Å². The minimum absolute atomic E-state index is 0.156. The van der Waals surface area contributed by atoms with Gasteiger partial charge in [-0.1, -0.05) is 60.5 Å². The van der Waals surface area contributed by atoms with Crippen LogP contribution in [0.4, 0.5) is 0 Å². The molecule has 0 radical (unpaired) electrons. The van der Waals surface area contributed by atoms with E-state index in [1.54, 1.807) is 11.9 Å². The Balaban J connectivity index is 1.51. The van der Waals surface area contributed by atoms with Crippen molar-refractivity contribution >= 4 is 17.9 Å². The lowest BCUT2D eigenvalue weighted by atomic mass is 9.93. The quantitative estimate of drug-likeness (QED) is 0.768. The van der Waals surface area contributed by atoms with Gasteiger partial charge in [0.2, 0.25) is 5.91 Å². The lowest BCUT2D eigenvalue weighted by Crippen LogP contribution is -2.46. The van der Waals surface area contributed by atoms with E-state index < -0.39 is 0 Å². The number of hydrogen-bond acceptors (Lipinski definition) is 3. The van der Waals surface area contributed by atoms with Crippen LogP contribution in [0.15, 0.2) is 48.5 Å². The predicted octanol–water partition coefficient (Wildman–Crippen LogP) is 4.62. The summed E-state index contributed by atoms with van der Waals surface area (Å²) >= 11 is 1.66. The van der Waals surface area contributed by atoms with Gasteiger partial charge in [0.25, 0.3) is 0 Å². The van der Waals surface area contributed by atoms with Crippen LogP contribution in [0.1, 0.15) is 36.3 Å². The third kappa shape index (κ3) is 3.92. The maximum absolute atomic E-state index is 13.1. The fourth-order valence-electron chi connectivity index (χ4n) is 4.43. The molecule has 1 N–H and O–H groups in total. The summed E-state index contributed by atoms with van der Waals surface area (Å²) in [5.74, 6) is 0.873. The first-order valence-corrected chi connectivity index (χ1v) is 11.1. The molecule has 2 aromatic rings. The highest BCUT2D eigenvalue weighted by atomic mass is 32.2. The maximum Gasteiger partial charge on any atom is 0.226 e. The monoisotopic (exact) mass is 380 g/mol. The Hall–Kier alpha value is -1.78. The third-order valence-electron chi connectivity index (χ3n) is 5.92. The van der Waals surface area contributed by atoms with E-state index in [9.17, 15) is 4.79 Å². The van der Waals surface area contributed by atoms with Crippen molar-refractivity contribution in [3.63, 3.8) is 0 Å². The van der Waals surface area contributed by atoms with E-state index in [4.69, 9.17) is 0 Å². The Labute approximate surface area is 166 Å². The second-order valence-corrected chi connectivity index (χ2v) is 8.44. The van der Waals surface area contributed by atoms with Gasteiger partial charge < -0.3 is 4.90 Å². The molecule has 4 heteroatoms. The number of nitrogens with zero attached hydrogens (tertiary/aromatic N) is 1. The van der Waals surface area contributed by atoms with Crippen LogP contribution in [0.5, 0.6) is 0 Å². The van der Waals surface area contributed by atoms with E-state index in [1.165, 1.54) is 22.3 Å². The van der Waals surface area contributed by atoms with Gasteiger partial charge in [-0.15, -0.1) is 0 Å². The molecule has 1 saturated heterocycles. The van der Waals surface area contributed by atoms with Gasteiger partial charge in [-0.2, -0.15) is 0 Å². The number of nitrogens with one attached hydrogen (secondary N) is 1. The van der Waals surface area contributed by atoms with Crippen LogP contribution in [0.2, 0.25) is 0 Å². The molecule has 4 rings (SSSR count). The summed E-state index contributed by atoms with van der Waals surface area (Å²) in [4.78, 5) is 15.2. The smallest absolute Gasteiger partial charge is 0.226 e. The normalized spacial score (nSPS) is 24.7. The molecule has 3 atom stereocenters. The first-order chi connectivity index (χ1) is 13.2. The highest BCUT2D eigenvalue weighted by Gasteiger charge is 2.47. The number of aryl methyl sites for hydroxylation is 1. The van der Waals surface area contributed by atoms with Gasteiger partial charge in [0.1, 0.15) is 0 Å². The molecule has 1 saturated carbocycles. The zero-order chi connectivity index (χ0) is 18.8. The summed E-state index contributed by atoms with van der Waals surface area (Å²) < 4.78 is 3.43. The largest absolute Gasteiger partial charge is 0.341 e. The third-order valence-corrected chi connectivity index (χ3v) is 6.49. The van der Waals surface area contributed by atoms with Crippen molar-refractivity contribution in [3.8, 4) is 11.1 Å². The Kier molecular flexibility index (Phi) is 5.55. The zero-order valence-corrected chi connectivity index (χ0v) is 17.0. The first kappa shape index (κ1) is 18.6. The minimum atomic E-state index is 0.156. The molecule has 1 heterocycles. The molecule has 27 heavy (non-hydrogen) atoms. The summed E-state index contributed by atoms with van der Waals surface area (Å²) in [6, 6.07) is 17.6. The molecule has 3 unspecified atom stereocenters. The number of benzene rings is 2. The average molecular weight is 381 g/mol. The summed E-state index contributed by atoms with van der Waals surface area (Å²) in [5, 5.41) is 0. The van der Waals surface area contributed by atoms with Gasteiger partial charge in [-0.05, 0) is 60.6 Å². The number of carbonyl (C=O) groups excluding carboxylic acids is 1. The van der Waals surface area contributed by atoms with E-state index in [2.05, 4.69) is 71.3 Å². The summed E-state index contributed by atoms with van der Waals surface area (Å²) in [6.45, 7) is 3.92. The predicted molar refractivity (Wildman–Crippen MR) is 114 cm³/mol. The molecule has 0 spiro atoms. The number of piperidine rings is 1. The molecule has 0 bridgehead atoms. The summed E-state index contributed by atoms with van der Waals surface area (Å²) in [7, 11) is 0. The van der Waals surface area contributed by atoms with E-state index in [0.29, 0.717) is 17.9 Å². The lowest BCUT2D eigenvalue weighted by molar-refractivity contribution is -0.133. The van der Waals surface area contributed by atoms with Crippen LogP contribution in [0.25, 0.3) is 11.1 Å². The molecule has 2 aromatic carbocycles. The molecule has 0 aromatic heterocycles. The van der Waals surface area contributed by atoms with Crippen LogP contribution in [-0.2, 0) is 4.79 Å². The molecule has 142 valence electrons. The lowest BCUT2D eigenvalue weighted by Gasteiger charge is -2.33. The van der Waals surface area contributed by atoms with Crippen molar-refractivity contribution < 1.29 is 4.79 Å². The zero-order valence-electron chi connectivity index (χ0n) is 16.2. The van der Waals surface area contributed by atoms with Crippen molar-refractivity contribution in [3.05, 3.63) is 59.7 Å². The Bertz CT molecular complexity index is 820. The van der Waals surface area contributed by atoms with Gasteiger partial charge >= 0.3 is 0 Å². The Morgan fingerprint density at radius 1 is 1.11 bits per heavy atom. The van der Waals surface area contributed by atoms with Crippen molar-refractivity contribution in [1.29, 1.82) is 0 Å². The molecule has 2 aliphatic rings. The SMILES string of the molecule is CSNC1CCCN(C(=O)C2CC2c2ccccc2-c2ccccc2C)C1. The molecule has 3 nitrogen and oxygen atoms in total. The average Bonchev–Trinajstić information content (AvgIpc) is 3.49. The number of rotatable bonds is 5. The number of likely N-dealkylation sites (tertiary alicyclic amines) is 1. The van der Waals surface area contributed by atoms with Crippen LogP contribution < -0.4 is 4.72 Å².